The smallest absolute Gasteiger partial charge is 0.229 e. The first-order chi connectivity index (χ1) is 11.3. The second-order valence-electron chi connectivity index (χ2n) is 7.03. The van der Waals surface area contributed by atoms with E-state index >= 15 is 0 Å². The highest BCUT2D eigenvalue weighted by molar-refractivity contribution is 7.88. The van der Waals surface area contributed by atoms with Crippen LogP contribution in [0, 0.1) is 17.2 Å². The minimum Gasteiger partial charge on any atom is -0.326 e. The van der Waals surface area contributed by atoms with E-state index in [1.807, 2.05) is 0 Å². The van der Waals surface area contributed by atoms with Crippen molar-refractivity contribution >= 4 is 21.6 Å². The standard InChI is InChI=1S/C17H23FN2O3S/c1-24(22,23)20-11-15(17(12-20)9-3-2-4-10-17)16(21)19-14-7-5-13(18)6-8-14/h5-8,15H,2-4,9-12H2,1H3,(H,19,21). The first-order valence-corrected chi connectivity index (χ1v) is 10.2. The molecule has 2 fully saturated rings. The van der Waals surface area contributed by atoms with E-state index in [2.05, 4.69) is 5.32 Å². The highest BCUT2D eigenvalue weighted by atomic mass is 32.2. The SMILES string of the molecule is CS(=O)(=O)N1CC(C(=O)Nc2ccc(F)cc2)C2(CCCCC2)C1. The summed E-state index contributed by atoms with van der Waals surface area (Å²) in [7, 11) is -3.32. The van der Waals surface area contributed by atoms with E-state index in [1.165, 1.54) is 34.8 Å². The highest BCUT2D eigenvalue weighted by Crippen LogP contribution is 2.48. The molecule has 1 N–H and O–H groups in total. The van der Waals surface area contributed by atoms with Crippen molar-refractivity contribution in [3.05, 3.63) is 30.1 Å². The van der Waals surface area contributed by atoms with Gasteiger partial charge in [0, 0.05) is 18.8 Å². The molecule has 1 amide bonds. The number of halogens is 1. The first-order valence-electron chi connectivity index (χ1n) is 8.32. The third kappa shape index (κ3) is 3.47. The number of sulfonamides is 1. The molecule has 1 saturated carbocycles. The lowest BCUT2D eigenvalue weighted by atomic mass is 9.67. The number of carbonyl (C=O) groups is 1. The summed E-state index contributed by atoms with van der Waals surface area (Å²) in [6, 6.07) is 5.63. The van der Waals surface area contributed by atoms with Gasteiger partial charge in [0.25, 0.3) is 0 Å². The summed E-state index contributed by atoms with van der Waals surface area (Å²) in [6.07, 6.45) is 6.13. The molecule has 1 spiro atoms. The number of hydrogen-bond acceptors (Lipinski definition) is 3. The molecule has 1 saturated heterocycles. The predicted molar refractivity (Wildman–Crippen MR) is 90.5 cm³/mol. The number of carbonyl (C=O) groups excluding carboxylic acids is 1. The Labute approximate surface area is 142 Å². The van der Waals surface area contributed by atoms with Crippen molar-refractivity contribution < 1.29 is 17.6 Å². The number of nitrogens with zero attached hydrogens (tertiary/aromatic N) is 1. The maximum atomic E-state index is 13.0. The van der Waals surface area contributed by atoms with Gasteiger partial charge in [0.2, 0.25) is 15.9 Å². The van der Waals surface area contributed by atoms with E-state index in [-0.39, 0.29) is 29.6 Å². The zero-order valence-electron chi connectivity index (χ0n) is 13.8. The van der Waals surface area contributed by atoms with Gasteiger partial charge in [-0.3, -0.25) is 4.79 Å². The van der Waals surface area contributed by atoms with E-state index in [0.717, 1.165) is 32.1 Å². The molecule has 7 heteroatoms. The fourth-order valence-corrected chi connectivity index (χ4v) is 4.97. The van der Waals surface area contributed by atoms with Crippen molar-refractivity contribution in [3.8, 4) is 0 Å². The molecule has 1 heterocycles. The Morgan fingerprint density at radius 3 is 2.42 bits per heavy atom. The number of hydrogen-bond donors (Lipinski definition) is 1. The summed E-state index contributed by atoms with van der Waals surface area (Å²) in [5, 5.41) is 2.83. The topological polar surface area (TPSA) is 66.5 Å². The Hall–Kier alpha value is -1.47. The Morgan fingerprint density at radius 1 is 1.21 bits per heavy atom. The summed E-state index contributed by atoms with van der Waals surface area (Å²) in [5.74, 6) is -0.895. The zero-order chi connectivity index (χ0) is 17.4. The van der Waals surface area contributed by atoms with E-state index in [0.29, 0.717) is 12.2 Å². The quantitative estimate of drug-likeness (QED) is 0.907. The van der Waals surface area contributed by atoms with E-state index in [9.17, 15) is 17.6 Å². The third-order valence-corrected chi connectivity index (χ3v) is 6.58. The zero-order valence-corrected chi connectivity index (χ0v) is 14.6. The van der Waals surface area contributed by atoms with Crippen LogP contribution < -0.4 is 5.32 Å². The molecule has 132 valence electrons. The van der Waals surface area contributed by atoms with Gasteiger partial charge >= 0.3 is 0 Å². The molecule has 5 nitrogen and oxygen atoms in total. The van der Waals surface area contributed by atoms with Crippen molar-refractivity contribution in [2.24, 2.45) is 11.3 Å². The van der Waals surface area contributed by atoms with E-state index in [1.54, 1.807) is 0 Å². The van der Waals surface area contributed by atoms with E-state index < -0.39 is 10.0 Å². The van der Waals surface area contributed by atoms with E-state index in [4.69, 9.17) is 0 Å². The maximum absolute atomic E-state index is 13.0. The average Bonchev–Trinajstić information content (AvgIpc) is 2.89. The van der Waals surface area contributed by atoms with Gasteiger partial charge in [-0.1, -0.05) is 19.3 Å². The average molecular weight is 354 g/mol. The molecule has 0 radical (unpaired) electrons. The van der Waals surface area contributed by atoms with Crippen molar-refractivity contribution in [1.29, 1.82) is 0 Å². The molecule has 3 rings (SSSR count). The Morgan fingerprint density at radius 2 is 1.83 bits per heavy atom. The molecule has 1 aliphatic heterocycles. The summed E-state index contributed by atoms with van der Waals surface area (Å²) in [5.41, 5.74) is 0.260. The van der Waals surface area contributed by atoms with Gasteiger partial charge in [-0.25, -0.2) is 17.1 Å². The van der Waals surface area contributed by atoms with Crippen LogP contribution in [-0.4, -0.2) is 38.0 Å². The molecular weight excluding hydrogens is 331 g/mol. The van der Waals surface area contributed by atoms with Crippen LogP contribution in [0.4, 0.5) is 10.1 Å². The second kappa shape index (κ2) is 6.44. The van der Waals surface area contributed by atoms with Gasteiger partial charge < -0.3 is 5.32 Å². The van der Waals surface area contributed by atoms with Crippen LogP contribution in [0.5, 0.6) is 0 Å². The lowest BCUT2D eigenvalue weighted by Crippen LogP contribution is -2.39. The second-order valence-corrected chi connectivity index (χ2v) is 9.01. The predicted octanol–water partition coefficient (Wildman–Crippen LogP) is 2.61. The molecular formula is C17H23FN2O3S. The molecule has 1 aliphatic carbocycles. The summed E-state index contributed by atoms with van der Waals surface area (Å²) >= 11 is 0. The molecule has 1 aromatic rings. The van der Waals surface area contributed by atoms with Crippen molar-refractivity contribution in [1.82, 2.24) is 4.31 Å². The number of nitrogens with one attached hydrogen (secondary N) is 1. The van der Waals surface area contributed by atoms with Crippen LogP contribution in [0.15, 0.2) is 24.3 Å². The molecule has 0 aromatic heterocycles. The van der Waals surface area contributed by atoms with Crippen molar-refractivity contribution in [2.45, 2.75) is 32.1 Å². The Balaban J connectivity index is 1.82. The van der Waals surface area contributed by atoms with Gasteiger partial charge in [-0.05, 0) is 42.5 Å². The minimum atomic E-state index is -3.32. The van der Waals surface area contributed by atoms with Gasteiger partial charge in [-0.2, -0.15) is 0 Å². The highest BCUT2D eigenvalue weighted by Gasteiger charge is 2.52. The van der Waals surface area contributed by atoms with Crippen molar-refractivity contribution in [3.63, 3.8) is 0 Å². The van der Waals surface area contributed by atoms with Crippen molar-refractivity contribution in [2.75, 3.05) is 24.7 Å². The Bertz CT molecular complexity index is 712. The lowest BCUT2D eigenvalue weighted by Gasteiger charge is -2.37. The molecule has 2 aliphatic rings. The number of rotatable bonds is 3. The summed E-state index contributed by atoms with van der Waals surface area (Å²) < 4.78 is 38.4. The molecule has 1 atom stereocenters. The van der Waals surface area contributed by atoms with Gasteiger partial charge in [0.15, 0.2) is 0 Å². The number of anilines is 1. The molecule has 24 heavy (non-hydrogen) atoms. The first kappa shape index (κ1) is 17.4. The van der Waals surface area contributed by atoms with Gasteiger partial charge in [0.05, 0.1) is 12.2 Å². The monoisotopic (exact) mass is 354 g/mol. The maximum Gasteiger partial charge on any atom is 0.229 e. The largest absolute Gasteiger partial charge is 0.326 e. The molecule has 1 unspecified atom stereocenters. The summed E-state index contributed by atoms with van der Waals surface area (Å²) in [6.45, 7) is 0.652. The van der Waals surface area contributed by atoms with Crippen LogP contribution in [-0.2, 0) is 14.8 Å². The number of amides is 1. The van der Waals surface area contributed by atoms with Crippen LogP contribution in [0.3, 0.4) is 0 Å². The van der Waals surface area contributed by atoms with Crippen LogP contribution in [0.2, 0.25) is 0 Å². The summed E-state index contributed by atoms with van der Waals surface area (Å²) in [4.78, 5) is 12.8. The molecule has 1 aromatic carbocycles. The fraction of sp³-hybridized carbons (Fsp3) is 0.588. The third-order valence-electron chi connectivity index (χ3n) is 5.36. The minimum absolute atomic E-state index is 0.172. The number of benzene rings is 1. The lowest BCUT2D eigenvalue weighted by molar-refractivity contribution is -0.123. The van der Waals surface area contributed by atoms with Crippen LogP contribution >= 0.6 is 0 Å². The van der Waals surface area contributed by atoms with Gasteiger partial charge in [-0.15, -0.1) is 0 Å². The Kier molecular flexibility index (Phi) is 4.66. The fourth-order valence-electron chi connectivity index (χ4n) is 4.06. The molecule has 0 bridgehead atoms. The van der Waals surface area contributed by atoms with Crippen LogP contribution in [0.1, 0.15) is 32.1 Å². The van der Waals surface area contributed by atoms with Gasteiger partial charge in [0.1, 0.15) is 5.82 Å². The normalized spacial score (nSPS) is 24.2. The van der Waals surface area contributed by atoms with Crippen LogP contribution in [0.25, 0.3) is 0 Å².